The number of hydrogen-bond donors (Lipinski definition) is 2. The largest absolute Gasteiger partial charge is 0.352 e. The first kappa shape index (κ1) is 14.5. The zero-order chi connectivity index (χ0) is 13.5. The van der Waals surface area contributed by atoms with Gasteiger partial charge in [-0.15, -0.1) is 0 Å². The van der Waals surface area contributed by atoms with Crippen molar-refractivity contribution in [3.63, 3.8) is 0 Å². The first-order valence-corrected chi connectivity index (χ1v) is 8.22. The van der Waals surface area contributed by atoms with E-state index in [0.29, 0.717) is 18.6 Å². The van der Waals surface area contributed by atoms with Crippen LogP contribution in [0.15, 0.2) is 16.8 Å². The standard InChI is InChI=1S/C15H24N2OS/c1-12(9-13-7-8-19-11-13)16-10-15(18)17-14-5-3-2-4-6-14/h7-8,11-12,14,16H,2-6,9-10H2,1H3,(H,17,18). The molecule has 0 bridgehead atoms. The number of rotatable bonds is 6. The van der Waals surface area contributed by atoms with E-state index in [1.54, 1.807) is 11.3 Å². The van der Waals surface area contributed by atoms with Crippen LogP contribution in [0.5, 0.6) is 0 Å². The van der Waals surface area contributed by atoms with E-state index in [-0.39, 0.29) is 5.91 Å². The SMILES string of the molecule is CC(Cc1ccsc1)NCC(=O)NC1CCCCC1. The Hall–Kier alpha value is -0.870. The average molecular weight is 280 g/mol. The first-order valence-electron chi connectivity index (χ1n) is 7.28. The third-order valence-electron chi connectivity index (χ3n) is 3.70. The van der Waals surface area contributed by atoms with Gasteiger partial charge in [0.05, 0.1) is 6.54 Å². The fraction of sp³-hybridized carbons (Fsp3) is 0.667. The summed E-state index contributed by atoms with van der Waals surface area (Å²) in [4.78, 5) is 11.8. The van der Waals surface area contributed by atoms with Crippen LogP contribution in [-0.4, -0.2) is 24.5 Å². The summed E-state index contributed by atoms with van der Waals surface area (Å²) in [6.07, 6.45) is 7.12. The Morgan fingerprint density at radius 3 is 2.89 bits per heavy atom. The van der Waals surface area contributed by atoms with Gasteiger partial charge in [-0.3, -0.25) is 4.79 Å². The smallest absolute Gasteiger partial charge is 0.234 e. The summed E-state index contributed by atoms with van der Waals surface area (Å²) in [6, 6.07) is 2.90. The third-order valence-corrected chi connectivity index (χ3v) is 4.44. The van der Waals surface area contributed by atoms with Crippen LogP contribution in [0.25, 0.3) is 0 Å². The van der Waals surface area contributed by atoms with Crippen molar-refractivity contribution in [2.45, 2.75) is 57.5 Å². The Morgan fingerprint density at radius 1 is 1.42 bits per heavy atom. The minimum atomic E-state index is 0.143. The van der Waals surface area contributed by atoms with Gasteiger partial charge in [0, 0.05) is 12.1 Å². The summed E-state index contributed by atoms with van der Waals surface area (Å²) in [6.45, 7) is 2.56. The molecule has 1 heterocycles. The minimum absolute atomic E-state index is 0.143. The highest BCUT2D eigenvalue weighted by Gasteiger charge is 2.15. The molecule has 106 valence electrons. The van der Waals surface area contributed by atoms with Crippen LogP contribution >= 0.6 is 11.3 Å². The molecule has 0 spiro atoms. The van der Waals surface area contributed by atoms with Gasteiger partial charge in [-0.1, -0.05) is 19.3 Å². The van der Waals surface area contributed by atoms with E-state index < -0.39 is 0 Å². The van der Waals surface area contributed by atoms with E-state index in [4.69, 9.17) is 0 Å². The minimum Gasteiger partial charge on any atom is -0.352 e. The molecule has 1 fully saturated rings. The first-order chi connectivity index (χ1) is 9.24. The molecule has 2 rings (SSSR count). The van der Waals surface area contributed by atoms with Crippen molar-refractivity contribution >= 4 is 17.2 Å². The van der Waals surface area contributed by atoms with Crippen molar-refractivity contribution in [1.82, 2.24) is 10.6 Å². The highest BCUT2D eigenvalue weighted by atomic mass is 32.1. The third kappa shape index (κ3) is 5.33. The maximum absolute atomic E-state index is 11.8. The zero-order valence-corrected chi connectivity index (χ0v) is 12.5. The maximum atomic E-state index is 11.8. The van der Waals surface area contributed by atoms with E-state index >= 15 is 0 Å². The molecule has 1 saturated carbocycles. The van der Waals surface area contributed by atoms with E-state index in [1.165, 1.54) is 24.8 Å². The molecule has 1 aromatic rings. The van der Waals surface area contributed by atoms with Gasteiger partial charge in [0.25, 0.3) is 0 Å². The van der Waals surface area contributed by atoms with Crippen LogP contribution in [0.4, 0.5) is 0 Å². The molecule has 19 heavy (non-hydrogen) atoms. The second-order valence-electron chi connectivity index (χ2n) is 5.52. The van der Waals surface area contributed by atoms with Crippen LogP contribution in [0, 0.1) is 0 Å². The van der Waals surface area contributed by atoms with Gasteiger partial charge < -0.3 is 10.6 Å². The topological polar surface area (TPSA) is 41.1 Å². The van der Waals surface area contributed by atoms with Crippen molar-refractivity contribution in [3.8, 4) is 0 Å². The lowest BCUT2D eigenvalue weighted by Gasteiger charge is -2.23. The second-order valence-corrected chi connectivity index (χ2v) is 6.30. The number of nitrogens with one attached hydrogen (secondary N) is 2. The second kappa shape index (κ2) is 7.65. The Labute approximate surface area is 119 Å². The molecule has 1 amide bonds. The van der Waals surface area contributed by atoms with Gasteiger partial charge in [0.1, 0.15) is 0 Å². The lowest BCUT2D eigenvalue weighted by Crippen LogP contribution is -2.43. The van der Waals surface area contributed by atoms with Crippen molar-refractivity contribution < 1.29 is 4.79 Å². The normalized spacial score (nSPS) is 18.2. The predicted octanol–water partition coefficient (Wildman–Crippen LogP) is 2.72. The van der Waals surface area contributed by atoms with Crippen molar-refractivity contribution in [3.05, 3.63) is 22.4 Å². The molecular weight excluding hydrogens is 256 g/mol. The molecule has 0 aliphatic heterocycles. The van der Waals surface area contributed by atoms with Gasteiger partial charge >= 0.3 is 0 Å². The Balaban J connectivity index is 1.62. The molecule has 0 radical (unpaired) electrons. The molecule has 4 heteroatoms. The Kier molecular flexibility index (Phi) is 5.86. The number of hydrogen-bond acceptors (Lipinski definition) is 3. The van der Waals surface area contributed by atoms with Crippen LogP contribution in [0.2, 0.25) is 0 Å². The monoisotopic (exact) mass is 280 g/mol. The molecule has 1 aliphatic rings. The van der Waals surface area contributed by atoms with E-state index in [0.717, 1.165) is 19.3 Å². The van der Waals surface area contributed by atoms with Gasteiger partial charge in [-0.25, -0.2) is 0 Å². The van der Waals surface area contributed by atoms with E-state index in [9.17, 15) is 4.79 Å². The van der Waals surface area contributed by atoms with Crippen LogP contribution < -0.4 is 10.6 Å². The Morgan fingerprint density at radius 2 is 2.21 bits per heavy atom. The molecular formula is C15H24N2OS. The Bertz CT molecular complexity index is 372. The summed E-state index contributed by atoms with van der Waals surface area (Å²) in [5.74, 6) is 0.143. The average Bonchev–Trinajstić information content (AvgIpc) is 2.90. The molecule has 2 N–H and O–H groups in total. The highest BCUT2D eigenvalue weighted by molar-refractivity contribution is 7.07. The van der Waals surface area contributed by atoms with E-state index in [2.05, 4.69) is 34.4 Å². The lowest BCUT2D eigenvalue weighted by molar-refractivity contribution is -0.121. The number of amides is 1. The molecule has 0 saturated heterocycles. The van der Waals surface area contributed by atoms with Crippen molar-refractivity contribution in [1.29, 1.82) is 0 Å². The van der Waals surface area contributed by atoms with Gasteiger partial charge in [-0.05, 0) is 48.6 Å². The quantitative estimate of drug-likeness (QED) is 0.841. The van der Waals surface area contributed by atoms with Gasteiger partial charge in [-0.2, -0.15) is 11.3 Å². The zero-order valence-electron chi connectivity index (χ0n) is 11.7. The number of thiophene rings is 1. The van der Waals surface area contributed by atoms with E-state index in [1.807, 2.05) is 0 Å². The lowest BCUT2D eigenvalue weighted by atomic mass is 9.95. The molecule has 0 aromatic carbocycles. The summed E-state index contributed by atoms with van der Waals surface area (Å²) in [5.41, 5.74) is 1.35. The predicted molar refractivity (Wildman–Crippen MR) is 80.5 cm³/mol. The van der Waals surface area contributed by atoms with Crippen LogP contribution in [0.1, 0.15) is 44.6 Å². The highest BCUT2D eigenvalue weighted by Crippen LogP contribution is 2.17. The van der Waals surface area contributed by atoms with Crippen molar-refractivity contribution in [2.24, 2.45) is 0 Å². The summed E-state index contributed by atoms with van der Waals surface area (Å²) >= 11 is 1.72. The fourth-order valence-electron chi connectivity index (χ4n) is 2.63. The van der Waals surface area contributed by atoms with Gasteiger partial charge in [0.2, 0.25) is 5.91 Å². The molecule has 1 aliphatic carbocycles. The summed E-state index contributed by atoms with van der Waals surface area (Å²) in [7, 11) is 0. The number of carbonyl (C=O) groups excluding carboxylic acids is 1. The van der Waals surface area contributed by atoms with Crippen LogP contribution in [-0.2, 0) is 11.2 Å². The van der Waals surface area contributed by atoms with Gasteiger partial charge in [0.15, 0.2) is 0 Å². The van der Waals surface area contributed by atoms with Crippen molar-refractivity contribution in [2.75, 3.05) is 6.54 Å². The number of carbonyl (C=O) groups is 1. The molecule has 1 unspecified atom stereocenters. The fourth-order valence-corrected chi connectivity index (χ4v) is 3.31. The molecule has 3 nitrogen and oxygen atoms in total. The summed E-state index contributed by atoms with van der Waals surface area (Å²) in [5, 5.41) is 10.7. The molecule has 1 aromatic heterocycles. The summed E-state index contributed by atoms with van der Waals surface area (Å²) < 4.78 is 0. The maximum Gasteiger partial charge on any atom is 0.234 e. The molecule has 1 atom stereocenters. The van der Waals surface area contributed by atoms with Crippen LogP contribution in [0.3, 0.4) is 0 Å².